The third-order valence-corrected chi connectivity index (χ3v) is 3.73. The summed E-state index contributed by atoms with van der Waals surface area (Å²) in [6, 6.07) is 8.48. The first kappa shape index (κ1) is 16.6. The van der Waals surface area contributed by atoms with Crippen LogP contribution in [0.1, 0.15) is 5.56 Å². The lowest BCUT2D eigenvalue weighted by Gasteiger charge is -2.07. The number of nitrogens with zero attached hydrogens (tertiary/aromatic N) is 1. The van der Waals surface area contributed by atoms with E-state index in [9.17, 15) is 18.0 Å². The standard InChI is InChI=1S/C14H14N4O4S/c1-9-6-7-16-12(8-9)18-14(20)13(19)17-10-2-4-11(5-3-10)23(15,21)22/h2-8H,1H3,(H,17,19)(H2,15,21,22)(H,16,18,20). The lowest BCUT2D eigenvalue weighted by atomic mass is 10.3. The highest BCUT2D eigenvalue weighted by Gasteiger charge is 2.15. The zero-order valence-electron chi connectivity index (χ0n) is 12.1. The Labute approximate surface area is 132 Å². The molecule has 0 saturated carbocycles. The van der Waals surface area contributed by atoms with Crippen LogP contribution in [0, 0.1) is 6.92 Å². The first-order valence-corrected chi connectivity index (χ1v) is 7.98. The smallest absolute Gasteiger partial charge is 0.315 e. The SMILES string of the molecule is Cc1ccnc(NC(=O)C(=O)Nc2ccc(S(N)(=O)=O)cc2)c1. The van der Waals surface area contributed by atoms with Crippen molar-refractivity contribution < 1.29 is 18.0 Å². The Balaban J connectivity index is 2.02. The van der Waals surface area contributed by atoms with Crippen molar-refractivity contribution in [1.82, 2.24) is 4.98 Å². The van der Waals surface area contributed by atoms with Gasteiger partial charge < -0.3 is 10.6 Å². The summed E-state index contributed by atoms with van der Waals surface area (Å²) in [6.45, 7) is 1.82. The quantitative estimate of drug-likeness (QED) is 0.708. The predicted molar refractivity (Wildman–Crippen MR) is 84.0 cm³/mol. The van der Waals surface area contributed by atoms with E-state index in [2.05, 4.69) is 15.6 Å². The number of benzene rings is 1. The average molecular weight is 334 g/mol. The van der Waals surface area contributed by atoms with Crippen LogP contribution in [0.2, 0.25) is 0 Å². The van der Waals surface area contributed by atoms with Crippen molar-refractivity contribution in [1.29, 1.82) is 0 Å². The number of hydrogen-bond donors (Lipinski definition) is 3. The van der Waals surface area contributed by atoms with Gasteiger partial charge in [0, 0.05) is 11.9 Å². The van der Waals surface area contributed by atoms with Crippen LogP contribution in [0.3, 0.4) is 0 Å². The lowest BCUT2D eigenvalue weighted by molar-refractivity contribution is -0.133. The predicted octanol–water partition coefficient (Wildman–Crippen LogP) is 0.615. The Morgan fingerprint density at radius 1 is 1.04 bits per heavy atom. The highest BCUT2D eigenvalue weighted by Crippen LogP contribution is 2.13. The van der Waals surface area contributed by atoms with Crippen molar-refractivity contribution in [2.75, 3.05) is 10.6 Å². The molecule has 120 valence electrons. The topological polar surface area (TPSA) is 131 Å². The molecule has 1 aromatic heterocycles. The molecule has 1 heterocycles. The number of rotatable bonds is 3. The summed E-state index contributed by atoms with van der Waals surface area (Å²) in [5.41, 5.74) is 1.14. The van der Waals surface area contributed by atoms with E-state index < -0.39 is 21.8 Å². The highest BCUT2D eigenvalue weighted by atomic mass is 32.2. The number of carbonyl (C=O) groups excluding carboxylic acids is 2. The van der Waals surface area contributed by atoms with Crippen LogP contribution < -0.4 is 15.8 Å². The Morgan fingerprint density at radius 2 is 1.65 bits per heavy atom. The summed E-state index contributed by atoms with van der Waals surface area (Å²) in [6.07, 6.45) is 1.51. The summed E-state index contributed by atoms with van der Waals surface area (Å²) in [5, 5.41) is 9.67. The van der Waals surface area contributed by atoms with E-state index in [1.807, 2.05) is 6.92 Å². The number of pyridine rings is 1. The van der Waals surface area contributed by atoms with E-state index in [4.69, 9.17) is 5.14 Å². The maximum atomic E-state index is 11.8. The maximum Gasteiger partial charge on any atom is 0.315 e. The largest absolute Gasteiger partial charge is 0.318 e. The molecule has 1 aromatic carbocycles. The fourth-order valence-corrected chi connectivity index (χ4v) is 2.21. The van der Waals surface area contributed by atoms with Crippen molar-refractivity contribution in [3.63, 3.8) is 0 Å². The second-order valence-electron chi connectivity index (χ2n) is 4.70. The van der Waals surface area contributed by atoms with Crippen LogP contribution in [-0.2, 0) is 19.6 Å². The van der Waals surface area contributed by atoms with Gasteiger partial charge in [-0.2, -0.15) is 0 Å². The minimum Gasteiger partial charge on any atom is -0.318 e. The number of aryl methyl sites for hydroxylation is 1. The average Bonchev–Trinajstić information content (AvgIpc) is 2.46. The summed E-state index contributed by atoms with van der Waals surface area (Å²) < 4.78 is 22.2. The summed E-state index contributed by atoms with van der Waals surface area (Å²) in [4.78, 5) is 27.4. The third kappa shape index (κ3) is 4.59. The Kier molecular flexibility index (Phi) is 4.72. The van der Waals surface area contributed by atoms with Crippen LogP contribution in [-0.4, -0.2) is 25.2 Å². The number of primary sulfonamides is 1. The first-order valence-electron chi connectivity index (χ1n) is 6.43. The van der Waals surface area contributed by atoms with E-state index >= 15 is 0 Å². The molecule has 0 saturated heterocycles. The van der Waals surface area contributed by atoms with Gasteiger partial charge in [-0.15, -0.1) is 0 Å². The van der Waals surface area contributed by atoms with E-state index in [0.29, 0.717) is 0 Å². The van der Waals surface area contributed by atoms with E-state index in [1.54, 1.807) is 12.1 Å². The second-order valence-corrected chi connectivity index (χ2v) is 6.26. The Hall–Kier alpha value is -2.78. The number of nitrogens with one attached hydrogen (secondary N) is 2. The molecule has 0 atom stereocenters. The minimum atomic E-state index is -3.81. The lowest BCUT2D eigenvalue weighted by Crippen LogP contribution is -2.29. The molecule has 0 unspecified atom stereocenters. The van der Waals surface area contributed by atoms with Crippen LogP contribution >= 0.6 is 0 Å². The molecule has 0 spiro atoms. The van der Waals surface area contributed by atoms with Crippen molar-refractivity contribution in [3.05, 3.63) is 48.2 Å². The zero-order valence-corrected chi connectivity index (χ0v) is 12.9. The molecule has 4 N–H and O–H groups in total. The van der Waals surface area contributed by atoms with Gasteiger partial charge in [-0.05, 0) is 48.9 Å². The van der Waals surface area contributed by atoms with Crippen molar-refractivity contribution in [3.8, 4) is 0 Å². The van der Waals surface area contributed by atoms with Crippen LogP contribution in [0.5, 0.6) is 0 Å². The molecule has 0 aliphatic rings. The molecule has 0 aliphatic carbocycles. The van der Waals surface area contributed by atoms with Crippen LogP contribution in [0.15, 0.2) is 47.5 Å². The van der Waals surface area contributed by atoms with Crippen molar-refractivity contribution >= 4 is 33.3 Å². The van der Waals surface area contributed by atoms with Gasteiger partial charge in [0.25, 0.3) is 0 Å². The molecule has 2 amide bonds. The summed E-state index contributed by atoms with van der Waals surface area (Å²) in [5.74, 6) is -1.54. The fraction of sp³-hybridized carbons (Fsp3) is 0.0714. The normalized spacial score (nSPS) is 10.9. The molecule has 0 aliphatic heterocycles. The maximum absolute atomic E-state index is 11.8. The van der Waals surface area contributed by atoms with E-state index in [0.717, 1.165) is 5.56 Å². The van der Waals surface area contributed by atoms with Gasteiger partial charge in [0.05, 0.1) is 4.90 Å². The number of anilines is 2. The molecule has 2 aromatic rings. The monoisotopic (exact) mass is 334 g/mol. The van der Waals surface area contributed by atoms with Gasteiger partial charge in [0.15, 0.2) is 0 Å². The van der Waals surface area contributed by atoms with Crippen LogP contribution in [0.25, 0.3) is 0 Å². The third-order valence-electron chi connectivity index (χ3n) is 2.80. The highest BCUT2D eigenvalue weighted by molar-refractivity contribution is 7.89. The van der Waals surface area contributed by atoms with E-state index in [-0.39, 0.29) is 16.4 Å². The number of hydrogen-bond acceptors (Lipinski definition) is 5. The number of aromatic nitrogens is 1. The fourth-order valence-electron chi connectivity index (χ4n) is 1.69. The minimum absolute atomic E-state index is 0.0936. The van der Waals surface area contributed by atoms with Gasteiger partial charge in [-0.1, -0.05) is 0 Å². The molecule has 0 radical (unpaired) electrons. The molecular weight excluding hydrogens is 320 g/mol. The molecular formula is C14H14N4O4S. The van der Waals surface area contributed by atoms with Gasteiger partial charge >= 0.3 is 11.8 Å². The number of carbonyl (C=O) groups is 2. The van der Waals surface area contributed by atoms with Crippen molar-refractivity contribution in [2.24, 2.45) is 5.14 Å². The molecule has 8 nitrogen and oxygen atoms in total. The number of sulfonamides is 1. The summed E-state index contributed by atoms with van der Waals surface area (Å²) in [7, 11) is -3.81. The number of nitrogens with two attached hydrogens (primary N) is 1. The number of amides is 2. The molecule has 0 bridgehead atoms. The van der Waals surface area contributed by atoms with E-state index in [1.165, 1.54) is 30.5 Å². The molecule has 23 heavy (non-hydrogen) atoms. The molecule has 2 rings (SSSR count). The van der Waals surface area contributed by atoms with Gasteiger partial charge in [0.1, 0.15) is 5.82 Å². The molecule has 0 fully saturated rings. The Morgan fingerprint density at radius 3 is 2.22 bits per heavy atom. The zero-order chi connectivity index (χ0) is 17.0. The van der Waals surface area contributed by atoms with Gasteiger partial charge in [-0.3, -0.25) is 9.59 Å². The first-order chi connectivity index (χ1) is 10.8. The van der Waals surface area contributed by atoms with Gasteiger partial charge in [0.2, 0.25) is 10.0 Å². The van der Waals surface area contributed by atoms with Crippen LogP contribution in [0.4, 0.5) is 11.5 Å². The summed E-state index contributed by atoms with van der Waals surface area (Å²) >= 11 is 0. The molecule has 9 heteroatoms. The van der Waals surface area contributed by atoms with Gasteiger partial charge in [-0.25, -0.2) is 18.5 Å². The second kappa shape index (κ2) is 6.55. The van der Waals surface area contributed by atoms with Crippen molar-refractivity contribution in [2.45, 2.75) is 11.8 Å². The Bertz CT molecular complexity index is 847.